The Kier molecular flexibility index (Phi) is 7.10. The van der Waals surface area contributed by atoms with Gasteiger partial charge in [0, 0.05) is 24.8 Å². The third-order valence-corrected chi connectivity index (χ3v) is 3.95. The molecular formula is C19H25N5O3. The standard InChI is InChI=1S/C19H25N5O3/c1-5-24(6-2)18(26)12-27-16-9-7-15(8-10-16)14(4)22-23-19-20-13(3)11-17(25)21-19/h7-11H,5-6,12H2,1-4H3,(H2,20,21,23,25)/b22-14-. The van der Waals surface area contributed by atoms with Crippen molar-refractivity contribution < 1.29 is 9.53 Å². The summed E-state index contributed by atoms with van der Waals surface area (Å²) in [6.45, 7) is 8.80. The lowest BCUT2D eigenvalue weighted by Crippen LogP contribution is -2.34. The van der Waals surface area contributed by atoms with E-state index in [1.807, 2.05) is 32.9 Å². The minimum Gasteiger partial charge on any atom is -0.484 e. The number of hydrogen-bond acceptors (Lipinski definition) is 6. The zero-order valence-electron chi connectivity index (χ0n) is 16.1. The second kappa shape index (κ2) is 9.51. The van der Waals surface area contributed by atoms with Crippen molar-refractivity contribution in [3.8, 4) is 5.75 Å². The van der Waals surface area contributed by atoms with Crippen LogP contribution in [0.3, 0.4) is 0 Å². The largest absolute Gasteiger partial charge is 0.484 e. The molecule has 0 fully saturated rings. The Morgan fingerprint density at radius 3 is 2.52 bits per heavy atom. The highest BCUT2D eigenvalue weighted by Gasteiger charge is 2.10. The van der Waals surface area contributed by atoms with Crippen molar-refractivity contribution in [2.75, 3.05) is 25.1 Å². The van der Waals surface area contributed by atoms with Gasteiger partial charge in [-0.05, 0) is 57.5 Å². The third kappa shape index (κ3) is 5.95. The summed E-state index contributed by atoms with van der Waals surface area (Å²) in [6.07, 6.45) is 0. The average Bonchev–Trinajstić information content (AvgIpc) is 2.65. The maximum Gasteiger partial charge on any atom is 0.260 e. The van der Waals surface area contributed by atoms with Gasteiger partial charge in [-0.3, -0.25) is 14.6 Å². The molecule has 0 atom stereocenters. The molecule has 27 heavy (non-hydrogen) atoms. The van der Waals surface area contributed by atoms with Crippen molar-refractivity contribution in [3.63, 3.8) is 0 Å². The monoisotopic (exact) mass is 371 g/mol. The molecule has 0 bridgehead atoms. The van der Waals surface area contributed by atoms with E-state index in [1.165, 1.54) is 6.07 Å². The van der Waals surface area contributed by atoms with Gasteiger partial charge in [0.25, 0.3) is 11.5 Å². The molecule has 0 aliphatic carbocycles. The molecule has 0 aliphatic rings. The minimum atomic E-state index is -0.237. The van der Waals surface area contributed by atoms with Gasteiger partial charge in [-0.25, -0.2) is 10.4 Å². The van der Waals surface area contributed by atoms with Crippen LogP contribution in [0.15, 0.2) is 40.2 Å². The smallest absolute Gasteiger partial charge is 0.260 e. The van der Waals surface area contributed by atoms with Crippen LogP contribution in [0.4, 0.5) is 5.95 Å². The van der Waals surface area contributed by atoms with E-state index in [0.717, 1.165) is 5.56 Å². The van der Waals surface area contributed by atoms with Gasteiger partial charge in [0.15, 0.2) is 6.61 Å². The number of amides is 1. The first-order chi connectivity index (χ1) is 12.9. The maximum absolute atomic E-state index is 12.0. The van der Waals surface area contributed by atoms with E-state index < -0.39 is 0 Å². The molecule has 1 amide bonds. The summed E-state index contributed by atoms with van der Waals surface area (Å²) in [5.74, 6) is 0.865. The number of carbonyl (C=O) groups is 1. The molecule has 1 heterocycles. The normalized spacial score (nSPS) is 11.2. The second-order valence-electron chi connectivity index (χ2n) is 5.92. The van der Waals surface area contributed by atoms with Crippen LogP contribution < -0.4 is 15.7 Å². The summed E-state index contributed by atoms with van der Waals surface area (Å²) in [5.41, 5.74) is 4.70. The first kappa shape index (κ1) is 20.2. The van der Waals surface area contributed by atoms with Gasteiger partial charge >= 0.3 is 0 Å². The number of nitrogens with zero attached hydrogens (tertiary/aromatic N) is 3. The maximum atomic E-state index is 12.0. The number of nitrogens with one attached hydrogen (secondary N) is 2. The van der Waals surface area contributed by atoms with E-state index in [2.05, 4.69) is 20.5 Å². The number of aromatic nitrogens is 2. The molecule has 0 aliphatic heterocycles. The van der Waals surface area contributed by atoms with Gasteiger partial charge in [0.1, 0.15) is 5.75 Å². The number of hydrogen-bond donors (Lipinski definition) is 2. The quantitative estimate of drug-likeness (QED) is 0.547. The number of rotatable bonds is 8. The summed E-state index contributed by atoms with van der Waals surface area (Å²) in [5, 5.41) is 4.23. The van der Waals surface area contributed by atoms with Crippen LogP contribution in [-0.4, -0.2) is 46.2 Å². The predicted molar refractivity (Wildman–Crippen MR) is 105 cm³/mol. The Morgan fingerprint density at radius 1 is 1.26 bits per heavy atom. The number of aromatic amines is 1. The van der Waals surface area contributed by atoms with Crippen LogP contribution in [0.5, 0.6) is 5.75 Å². The van der Waals surface area contributed by atoms with Crippen molar-refractivity contribution in [3.05, 3.63) is 51.9 Å². The van der Waals surface area contributed by atoms with Gasteiger partial charge in [-0.15, -0.1) is 0 Å². The van der Waals surface area contributed by atoms with Crippen LogP contribution in [0.2, 0.25) is 0 Å². The fraction of sp³-hybridized carbons (Fsp3) is 0.368. The van der Waals surface area contributed by atoms with Crippen LogP contribution in [-0.2, 0) is 4.79 Å². The number of benzene rings is 1. The van der Waals surface area contributed by atoms with Crippen molar-refractivity contribution in [1.29, 1.82) is 0 Å². The number of aryl methyl sites for hydroxylation is 1. The van der Waals surface area contributed by atoms with E-state index in [0.29, 0.717) is 30.2 Å². The highest BCUT2D eigenvalue weighted by Crippen LogP contribution is 2.13. The third-order valence-electron chi connectivity index (χ3n) is 3.95. The molecule has 0 saturated carbocycles. The topological polar surface area (TPSA) is 99.7 Å². The van der Waals surface area contributed by atoms with E-state index >= 15 is 0 Å². The molecule has 8 heteroatoms. The first-order valence-electron chi connectivity index (χ1n) is 8.82. The number of ether oxygens (including phenoxy) is 1. The molecule has 2 rings (SSSR count). The second-order valence-corrected chi connectivity index (χ2v) is 5.92. The van der Waals surface area contributed by atoms with Crippen LogP contribution in [0.1, 0.15) is 32.0 Å². The Bertz CT molecular complexity index is 854. The zero-order valence-corrected chi connectivity index (χ0v) is 16.1. The molecule has 8 nitrogen and oxygen atoms in total. The van der Waals surface area contributed by atoms with Crippen LogP contribution in [0.25, 0.3) is 0 Å². The molecule has 0 saturated heterocycles. The van der Waals surface area contributed by atoms with E-state index in [4.69, 9.17) is 4.74 Å². The molecule has 2 N–H and O–H groups in total. The molecule has 0 radical (unpaired) electrons. The van der Waals surface area contributed by atoms with Crippen molar-refractivity contribution >= 4 is 17.6 Å². The van der Waals surface area contributed by atoms with Gasteiger partial charge in [0.05, 0.1) is 5.71 Å². The van der Waals surface area contributed by atoms with Crippen LogP contribution in [0, 0.1) is 6.92 Å². The zero-order chi connectivity index (χ0) is 19.8. The first-order valence-corrected chi connectivity index (χ1v) is 8.82. The molecule has 0 spiro atoms. The Morgan fingerprint density at radius 2 is 1.93 bits per heavy atom. The molecule has 0 unspecified atom stereocenters. The van der Waals surface area contributed by atoms with Crippen molar-refractivity contribution in [2.24, 2.45) is 5.10 Å². The Balaban J connectivity index is 1.97. The van der Waals surface area contributed by atoms with Gasteiger partial charge in [-0.2, -0.15) is 5.10 Å². The number of hydrazone groups is 1. The lowest BCUT2D eigenvalue weighted by Gasteiger charge is -2.18. The summed E-state index contributed by atoms with van der Waals surface area (Å²) < 4.78 is 5.55. The number of likely N-dealkylation sites (N-methyl/N-ethyl adjacent to an activating group) is 1. The van der Waals surface area contributed by atoms with E-state index in [-0.39, 0.29) is 24.0 Å². The molecule has 2 aromatic rings. The summed E-state index contributed by atoms with van der Waals surface area (Å²) >= 11 is 0. The summed E-state index contributed by atoms with van der Waals surface area (Å²) in [6, 6.07) is 8.69. The summed E-state index contributed by atoms with van der Waals surface area (Å²) in [7, 11) is 0. The lowest BCUT2D eigenvalue weighted by molar-refractivity contribution is -0.132. The van der Waals surface area contributed by atoms with Crippen molar-refractivity contribution in [1.82, 2.24) is 14.9 Å². The number of carbonyl (C=O) groups excluding carboxylic acids is 1. The van der Waals surface area contributed by atoms with E-state index in [9.17, 15) is 9.59 Å². The van der Waals surface area contributed by atoms with E-state index in [1.54, 1.807) is 24.0 Å². The van der Waals surface area contributed by atoms with Gasteiger partial charge in [-0.1, -0.05) is 0 Å². The molecular weight excluding hydrogens is 346 g/mol. The summed E-state index contributed by atoms with van der Waals surface area (Å²) in [4.78, 5) is 31.8. The van der Waals surface area contributed by atoms with Crippen molar-refractivity contribution in [2.45, 2.75) is 27.7 Å². The highest BCUT2D eigenvalue weighted by molar-refractivity contribution is 5.99. The van der Waals surface area contributed by atoms with Crippen LogP contribution >= 0.6 is 0 Å². The molecule has 1 aromatic heterocycles. The Hall–Kier alpha value is -3.16. The fourth-order valence-corrected chi connectivity index (χ4v) is 2.44. The minimum absolute atomic E-state index is 0.0159. The van der Waals surface area contributed by atoms with Gasteiger partial charge in [0.2, 0.25) is 5.95 Å². The molecule has 1 aromatic carbocycles. The highest BCUT2D eigenvalue weighted by atomic mass is 16.5. The average molecular weight is 371 g/mol. The number of H-pyrrole nitrogens is 1. The van der Waals surface area contributed by atoms with Gasteiger partial charge < -0.3 is 9.64 Å². The number of anilines is 1. The fourth-order valence-electron chi connectivity index (χ4n) is 2.44. The SMILES string of the molecule is CCN(CC)C(=O)COc1ccc(/C(C)=N\Nc2nc(C)cc(=O)[nH]2)cc1. The molecule has 144 valence electrons. The lowest BCUT2D eigenvalue weighted by atomic mass is 10.1. The Labute approximate surface area is 158 Å². The predicted octanol–water partition coefficient (Wildman–Crippen LogP) is 2.16.